The van der Waals surface area contributed by atoms with Gasteiger partial charge in [0.25, 0.3) is 0 Å². The lowest BCUT2D eigenvalue weighted by Crippen LogP contribution is -2.44. The molecule has 150 valence electrons. The highest BCUT2D eigenvalue weighted by molar-refractivity contribution is 7.09. The molecule has 4 heterocycles. The molecule has 2 amide bonds. The monoisotopic (exact) mass is 413 g/mol. The van der Waals surface area contributed by atoms with Gasteiger partial charge in [-0.3, -0.25) is 9.59 Å². The van der Waals surface area contributed by atoms with Gasteiger partial charge in [0.1, 0.15) is 11.4 Å². The Morgan fingerprint density at radius 2 is 2.17 bits per heavy atom. The number of aromatic nitrogens is 1. The number of hydrogen-bond acceptors (Lipinski definition) is 5. The molecule has 0 radical (unpaired) electrons. The van der Waals surface area contributed by atoms with E-state index in [9.17, 15) is 14.0 Å². The number of benzene rings is 1. The summed E-state index contributed by atoms with van der Waals surface area (Å²) >= 11 is 1.54. The van der Waals surface area contributed by atoms with Crippen LogP contribution in [0.1, 0.15) is 10.7 Å². The summed E-state index contributed by atoms with van der Waals surface area (Å²) in [5.74, 6) is -1.77. The number of halogens is 1. The number of anilines is 1. The number of aryl methyl sites for hydroxylation is 1. The normalized spacial score (nSPS) is 29.6. The number of rotatable bonds is 4. The van der Waals surface area contributed by atoms with E-state index in [1.807, 2.05) is 24.5 Å². The van der Waals surface area contributed by atoms with E-state index in [1.165, 1.54) is 12.1 Å². The summed E-state index contributed by atoms with van der Waals surface area (Å²) in [4.78, 5) is 34.2. The van der Waals surface area contributed by atoms with E-state index < -0.39 is 23.5 Å². The average molecular weight is 413 g/mol. The molecule has 1 aromatic heterocycles. The third-order valence-corrected chi connectivity index (χ3v) is 6.79. The van der Waals surface area contributed by atoms with Crippen molar-refractivity contribution < 1.29 is 18.7 Å². The van der Waals surface area contributed by atoms with E-state index in [0.717, 1.165) is 10.7 Å². The van der Waals surface area contributed by atoms with Crippen molar-refractivity contribution in [2.45, 2.75) is 25.2 Å². The van der Waals surface area contributed by atoms with Crippen LogP contribution in [0.25, 0.3) is 0 Å². The first-order valence-electron chi connectivity index (χ1n) is 9.48. The minimum Gasteiger partial charge on any atom is -0.360 e. The van der Waals surface area contributed by atoms with Crippen LogP contribution >= 0.6 is 11.3 Å². The maximum atomic E-state index is 13.3. The van der Waals surface area contributed by atoms with Gasteiger partial charge in [0, 0.05) is 18.1 Å². The summed E-state index contributed by atoms with van der Waals surface area (Å²) < 4.78 is 19.5. The van der Waals surface area contributed by atoms with Crippen molar-refractivity contribution in [3.05, 3.63) is 58.3 Å². The summed E-state index contributed by atoms with van der Waals surface area (Å²) in [7, 11) is 1.73. The van der Waals surface area contributed by atoms with Gasteiger partial charge in [0.15, 0.2) is 0 Å². The van der Waals surface area contributed by atoms with Gasteiger partial charge >= 0.3 is 0 Å². The number of carbonyl (C=O) groups excluding carboxylic acids is 2. The summed E-state index contributed by atoms with van der Waals surface area (Å²) in [5.41, 5.74) is 0.649. The highest BCUT2D eigenvalue weighted by atomic mass is 32.1. The molecule has 3 aliphatic heterocycles. The second-order valence-electron chi connectivity index (χ2n) is 7.85. The third-order valence-electron chi connectivity index (χ3n) is 5.97. The molecule has 29 heavy (non-hydrogen) atoms. The summed E-state index contributed by atoms with van der Waals surface area (Å²) in [6, 6.07) is 5.81. The Kier molecular flexibility index (Phi) is 4.11. The Bertz CT molecular complexity index is 1020. The van der Waals surface area contributed by atoms with E-state index in [-0.39, 0.29) is 17.6 Å². The molecule has 1 spiro atoms. The second-order valence-corrected chi connectivity index (χ2v) is 8.92. The fraction of sp³-hybridized carbons (Fsp3) is 0.381. The number of nitrogens with zero attached hydrogens (tertiary/aromatic N) is 3. The summed E-state index contributed by atoms with van der Waals surface area (Å²) in [6.45, 7) is 2.65. The van der Waals surface area contributed by atoms with E-state index in [0.29, 0.717) is 18.8 Å². The number of carbonyl (C=O) groups is 2. The Hall–Kier alpha value is -2.58. The maximum absolute atomic E-state index is 13.3. The minimum atomic E-state index is -0.797. The van der Waals surface area contributed by atoms with Crippen LogP contribution in [0, 0.1) is 24.6 Å². The predicted octanol–water partition coefficient (Wildman–Crippen LogP) is 2.54. The Morgan fingerprint density at radius 3 is 2.86 bits per heavy atom. The SMILES string of the molecule is Cc1nc(CN(C)C(=O)C2C3C(=O)N(c4ccc(F)cc4)C[C@]34C=C[C@H]2O4)cs1. The Labute approximate surface area is 171 Å². The van der Waals surface area contributed by atoms with Gasteiger partial charge in [-0.1, -0.05) is 12.2 Å². The molecule has 2 aromatic rings. The van der Waals surface area contributed by atoms with Crippen LogP contribution in [0.3, 0.4) is 0 Å². The molecule has 6 nitrogen and oxygen atoms in total. The number of thiazole rings is 1. The standard InChI is InChI=1S/C21H20FN3O3S/c1-12-23-14(10-29-12)9-24(2)19(26)17-16-7-8-21(28-16)11-25(20(27)18(17)21)15-5-3-13(22)4-6-15/h3-8,10,16-18H,9,11H2,1-2H3/t16-,17?,18?,21-/m1/s1. The minimum absolute atomic E-state index is 0.119. The second kappa shape index (κ2) is 6.47. The molecular formula is C21H20FN3O3S. The van der Waals surface area contributed by atoms with Crippen molar-refractivity contribution in [2.24, 2.45) is 11.8 Å². The number of hydrogen-bond donors (Lipinski definition) is 0. The fourth-order valence-corrected chi connectivity index (χ4v) is 5.28. The first kappa shape index (κ1) is 18.4. The molecule has 2 fully saturated rings. The number of ether oxygens (including phenoxy) is 1. The molecule has 2 bridgehead atoms. The lowest BCUT2D eigenvalue weighted by Gasteiger charge is -2.27. The van der Waals surface area contributed by atoms with Crippen LogP contribution in [0.2, 0.25) is 0 Å². The zero-order valence-electron chi connectivity index (χ0n) is 16.0. The predicted molar refractivity (Wildman–Crippen MR) is 106 cm³/mol. The first-order chi connectivity index (χ1) is 13.9. The van der Waals surface area contributed by atoms with Crippen molar-refractivity contribution in [1.29, 1.82) is 0 Å². The average Bonchev–Trinajstić information content (AvgIpc) is 3.43. The third kappa shape index (κ3) is 2.81. The van der Waals surface area contributed by atoms with Crippen molar-refractivity contribution in [3.8, 4) is 0 Å². The lowest BCUT2D eigenvalue weighted by molar-refractivity contribution is -0.139. The molecule has 2 saturated heterocycles. The smallest absolute Gasteiger partial charge is 0.234 e. The molecule has 3 aliphatic rings. The number of fused-ring (bicyclic) bond motifs is 1. The van der Waals surface area contributed by atoms with Crippen LogP contribution < -0.4 is 4.90 Å². The van der Waals surface area contributed by atoms with Crippen molar-refractivity contribution >= 4 is 28.8 Å². The maximum Gasteiger partial charge on any atom is 0.234 e. The van der Waals surface area contributed by atoms with Crippen LogP contribution in [0.4, 0.5) is 10.1 Å². The van der Waals surface area contributed by atoms with E-state index in [4.69, 9.17) is 4.74 Å². The Balaban J connectivity index is 1.41. The molecule has 0 N–H and O–H groups in total. The van der Waals surface area contributed by atoms with E-state index in [2.05, 4.69) is 4.98 Å². The van der Waals surface area contributed by atoms with E-state index >= 15 is 0 Å². The lowest BCUT2D eigenvalue weighted by atomic mass is 9.76. The molecule has 5 rings (SSSR count). The van der Waals surface area contributed by atoms with Crippen molar-refractivity contribution in [1.82, 2.24) is 9.88 Å². The van der Waals surface area contributed by atoms with Crippen molar-refractivity contribution in [2.75, 3.05) is 18.5 Å². The van der Waals surface area contributed by atoms with Crippen LogP contribution in [-0.4, -0.2) is 47.0 Å². The van der Waals surface area contributed by atoms with Gasteiger partial charge in [-0.25, -0.2) is 9.37 Å². The highest BCUT2D eigenvalue weighted by Gasteiger charge is 2.67. The van der Waals surface area contributed by atoms with Crippen LogP contribution in [0.5, 0.6) is 0 Å². The van der Waals surface area contributed by atoms with Gasteiger partial charge < -0.3 is 14.5 Å². The molecule has 0 saturated carbocycles. The quantitative estimate of drug-likeness (QED) is 0.723. The van der Waals surface area contributed by atoms with Gasteiger partial charge in [-0.15, -0.1) is 11.3 Å². The van der Waals surface area contributed by atoms with Crippen LogP contribution in [-0.2, 0) is 20.9 Å². The zero-order valence-corrected chi connectivity index (χ0v) is 16.9. The fourth-order valence-electron chi connectivity index (χ4n) is 4.68. The summed E-state index contributed by atoms with van der Waals surface area (Å²) in [5, 5.41) is 2.89. The number of amides is 2. The van der Waals surface area contributed by atoms with Crippen molar-refractivity contribution in [3.63, 3.8) is 0 Å². The molecule has 2 unspecified atom stereocenters. The molecule has 4 atom stereocenters. The first-order valence-corrected chi connectivity index (χ1v) is 10.4. The molecule has 1 aromatic carbocycles. The van der Waals surface area contributed by atoms with E-state index in [1.54, 1.807) is 40.3 Å². The topological polar surface area (TPSA) is 62.7 Å². The molecule has 8 heteroatoms. The zero-order chi connectivity index (χ0) is 20.3. The highest BCUT2D eigenvalue weighted by Crippen LogP contribution is 2.53. The van der Waals surface area contributed by atoms with Gasteiger partial charge in [-0.2, -0.15) is 0 Å². The molecule has 0 aliphatic carbocycles. The van der Waals surface area contributed by atoms with Gasteiger partial charge in [-0.05, 0) is 31.2 Å². The van der Waals surface area contributed by atoms with Gasteiger partial charge in [0.05, 0.1) is 41.7 Å². The Morgan fingerprint density at radius 1 is 1.41 bits per heavy atom. The molecular weight excluding hydrogens is 393 g/mol. The summed E-state index contributed by atoms with van der Waals surface area (Å²) in [6.07, 6.45) is 3.41. The largest absolute Gasteiger partial charge is 0.360 e. The van der Waals surface area contributed by atoms with Gasteiger partial charge in [0.2, 0.25) is 11.8 Å². The van der Waals surface area contributed by atoms with Crippen LogP contribution in [0.15, 0.2) is 41.8 Å².